The van der Waals surface area contributed by atoms with E-state index in [1.165, 1.54) is 38.5 Å². The minimum absolute atomic E-state index is 1.21. The second kappa shape index (κ2) is 10.5. The second-order valence-electron chi connectivity index (χ2n) is 3.14. The summed E-state index contributed by atoms with van der Waals surface area (Å²) in [6.45, 7) is 4.44. The van der Waals surface area contributed by atoms with Crippen molar-refractivity contribution in [2.45, 2.75) is 52.4 Å². The molecule has 0 aliphatic heterocycles. The van der Waals surface area contributed by atoms with Crippen LogP contribution in [0.4, 0.5) is 0 Å². The van der Waals surface area contributed by atoms with Crippen LogP contribution in [0.5, 0.6) is 0 Å². The van der Waals surface area contributed by atoms with E-state index in [-0.39, 0.29) is 0 Å². The summed E-state index contributed by atoms with van der Waals surface area (Å²) in [5.74, 6) is 0. The van der Waals surface area contributed by atoms with Crippen molar-refractivity contribution in [3.8, 4) is 0 Å². The third-order valence-electron chi connectivity index (χ3n) is 1.81. The zero-order valence-corrected chi connectivity index (χ0v) is 8.55. The molecule has 0 N–H and O–H groups in total. The maximum absolute atomic E-state index is 2.27. The van der Waals surface area contributed by atoms with Crippen molar-refractivity contribution >= 4 is 0 Å². The van der Waals surface area contributed by atoms with Gasteiger partial charge in [0.1, 0.15) is 0 Å². The first-order valence-corrected chi connectivity index (χ1v) is 5.23. The minimum Gasteiger partial charge on any atom is -0.0846 e. The van der Waals surface area contributed by atoms with Gasteiger partial charge in [0.05, 0.1) is 0 Å². The molecular formula is C12H22. The summed E-state index contributed by atoms with van der Waals surface area (Å²) in [7, 11) is 0. The van der Waals surface area contributed by atoms with E-state index in [2.05, 4.69) is 38.2 Å². The van der Waals surface area contributed by atoms with Gasteiger partial charge < -0.3 is 0 Å². The summed E-state index contributed by atoms with van der Waals surface area (Å²) >= 11 is 0. The molecule has 0 fully saturated rings. The van der Waals surface area contributed by atoms with E-state index in [0.717, 1.165) is 0 Å². The quantitative estimate of drug-likeness (QED) is 0.386. The Morgan fingerprint density at radius 2 is 1.42 bits per heavy atom. The topological polar surface area (TPSA) is 0 Å². The molecule has 0 nitrogen and oxygen atoms in total. The Kier molecular flexibility index (Phi) is 10.0. The molecule has 12 heavy (non-hydrogen) atoms. The molecule has 0 radical (unpaired) electrons. The lowest BCUT2D eigenvalue weighted by Gasteiger charge is -1.89. The van der Waals surface area contributed by atoms with Gasteiger partial charge in [0, 0.05) is 0 Å². The van der Waals surface area contributed by atoms with E-state index in [1.54, 1.807) is 0 Å². The van der Waals surface area contributed by atoms with Gasteiger partial charge in [0.2, 0.25) is 0 Å². The molecule has 0 unspecified atom stereocenters. The van der Waals surface area contributed by atoms with E-state index in [4.69, 9.17) is 0 Å². The first-order valence-electron chi connectivity index (χ1n) is 5.23. The molecule has 0 aromatic rings. The summed E-state index contributed by atoms with van der Waals surface area (Å²) in [4.78, 5) is 0. The zero-order valence-electron chi connectivity index (χ0n) is 8.55. The Hall–Kier alpha value is -0.520. The standard InChI is InChI=1S/C12H22/c1-3-5-7-9-11-12-10-8-6-4-2/h7,9,11-12H,3-6,8,10H2,1-2H3/b9-7?,12-11+. The van der Waals surface area contributed by atoms with Gasteiger partial charge in [-0.2, -0.15) is 0 Å². The third-order valence-corrected chi connectivity index (χ3v) is 1.81. The molecule has 70 valence electrons. The average Bonchev–Trinajstić information content (AvgIpc) is 2.10. The molecule has 0 heterocycles. The van der Waals surface area contributed by atoms with Crippen LogP contribution >= 0.6 is 0 Å². The van der Waals surface area contributed by atoms with Crippen molar-refractivity contribution in [1.29, 1.82) is 0 Å². The van der Waals surface area contributed by atoms with Crippen LogP contribution in [0.25, 0.3) is 0 Å². The van der Waals surface area contributed by atoms with E-state index < -0.39 is 0 Å². The molecule has 0 heteroatoms. The summed E-state index contributed by atoms with van der Waals surface area (Å²) in [5, 5.41) is 0. The first-order chi connectivity index (χ1) is 5.91. The van der Waals surface area contributed by atoms with Gasteiger partial charge in [-0.3, -0.25) is 0 Å². The number of rotatable bonds is 7. The fourth-order valence-corrected chi connectivity index (χ4v) is 1.03. The van der Waals surface area contributed by atoms with Crippen LogP contribution in [-0.4, -0.2) is 0 Å². The highest BCUT2D eigenvalue weighted by molar-refractivity contribution is 5.01. The van der Waals surface area contributed by atoms with E-state index >= 15 is 0 Å². The van der Waals surface area contributed by atoms with Crippen molar-refractivity contribution in [3.05, 3.63) is 24.3 Å². The van der Waals surface area contributed by atoms with Crippen molar-refractivity contribution in [2.24, 2.45) is 0 Å². The van der Waals surface area contributed by atoms with Crippen molar-refractivity contribution in [3.63, 3.8) is 0 Å². The predicted octanol–water partition coefficient (Wildman–Crippen LogP) is 4.48. The molecule has 0 saturated carbocycles. The Morgan fingerprint density at radius 3 is 2.00 bits per heavy atom. The van der Waals surface area contributed by atoms with Crippen LogP contribution in [0, 0.1) is 0 Å². The van der Waals surface area contributed by atoms with Gasteiger partial charge in [-0.1, -0.05) is 57.4 Å². The fraction of sp³-hybridized carbons (Fsp3) is 0.667. The Bertz CT molecular complexity index is 120. The van der Waals surface area contributed by atoms with Gasteiger partial charge in [-0.15, -0.1) is 0 Å². The number of hydrogen-bond donors (Lipinski definition) is 0. The van der Waals surface area contributed by atoms with Gasteiger partial charge in [0.25, 0.3) is 0 Å². The summed E-state index contributed by atoms with van der Waals surface area (Å²) in [5.41, 5.74) is 0. The lowest BCUT2D eigenvalue weighted by Crippen LogP contribution is -1.69. The van der Waals surface area contributed by atoms with Crippen molar-refractivity contribution in [2.75, 3.05) is 0 Å². The molecular weight excluding hydrogens is 144 g/mol. The molecule has 0 aromatic heterocycles. The van der Waals surface area contributed by atoms with Crippen LogP contribution in [-0.2, 0) is 0 Å². The van der Waals surface area contributed by atoms with E-state index in [1.807, 2.05) is 0 Å². The van der Waals surface area contributed by atoms with E-state index in [9.17, 15) is 0 Å². The van der Waals surface area contributed by atoms with Crippen LogP contribution in [0.3, 0.4) is 0 Å². The number of allylic oxidation sites excluding steroid dienone is 4. The first kappa shape index (κ1) is 11.5. The normalized spacial score (nSPS) is 11.8. The van der Waals surface area contributed by atoms with Gasteiger partial charge in [-0.05, 0) is 19.3 Å². The predicted molar refractivity (Wildman–Crippen MR) is 57.3 cm³/mol. The summed E-state index contributed by atoms with van der Waals surface area (Å²) in [6, 6.07) is 0. The monoisotopic (exact) mass is 166 g/mol. The largest absolute Gasteiger partial charge is 0.0846 e. The zero-order chi connectivity index (χ0) is 9.07. The molecule has 0 rings (SSSR count). The van der Waals surface area contributed by atoms with Gasteiger partial charge in [-0.25, -0.2) is 0 Å². The average molecular weight is 166 g/mol. The smallest absolute Gasteiger partial charge is 0.0348 e. The second-order valence-corrected chi connectivity index (χ2v) is 3.14. The molecule has 0 aliphatic rings. The highest BCUT2D eigenvalue weighted by atomic mass is 13.9. The molecule has 0 spiro atoms. The van der Waals surface area contributed by atoms with Gasteiger partial charge in [0.15, 0.2) is 0 Å². The molecule has 0 bridgehead atoms. The maximum Gasteiger partial charge on any atom is -0.0348 e. The SMILES string of the molecule is CCCC=C/C=C/CCCCC. The van der Waals surface area contributed by atoms with Crippen LogP contribution in [0.15, 0.2) is 24.3 Å². The van der Waals surface area contributed by atoms with E-state index in [0.29, 0.717) is 0 Å². The van der Waals surface area contributed by atoms with Gasteiger partial charge >= 0.3 is 0 Å². The van der Waals surface area contributed by atoms with Crippen LogP contribution in [0.1, 0.15) is 52.4 Å². The van der Waals surface area contributed by atoms with Crippen LogP contribution < -0.4 is 0 Å². The third kappa shape index (κ3) is 9.48. The summed E-state index contributed by atoms with van der Waals surface area (Å²) in [6.07, 6.45) is 16.6. The highest BCUT2D eigenvalue weighted by Crippen LogP contribution is 1.99. The fourth-order valence-electron chi connectivity index (χ4n) is 1.03. The lowest BCUT2D eigenvalue weighted by molar-refractivity contribution is 0.729. The number of hydrogen-bond acceptors (Lipinski definition) is 0. The van der Waals surface area contributed by atoms with Crippen LogP contribution in [0.2, 0.25) is 0 Å². The minimum atomic E-state index is 1.21. The van der Waals surface area contributed by atoms with Crippen molar-refractivity contribution in [1.82, 2.24) is 0 Å². The molecule has 0 atom stereocenters. The molecule has 0 aliphatic carbocycles. The Balaban J connectivity index is 3.13. The maximum atomic E-state index is 2.27. The lowest BCUT2D eigenvalue weighted by atomic mass is 10.2. The Labute approximate surface area is 77.4 Å². The summed E-state index contributed by atoms with van der Waals surface area (Å²) < 4.78 is 0. The molecule has 0 saturated heterocycles. The molecule has 0 aromatic carbocycles. The van der Waals surface area contributed by atoms with Crippen molar-refractivity contribution < 1.29 is 0 Å². The molecule has 0 amide bonds. The Morgan fingerprint density at radius 1 is 0.750 bits per heavy atom. The number of unbranched alkanes of at least 4 members (excludes halogenated alkanes) is 4. The highest BCUT2D eigenvalue weighted by Gasteiger charge is 1.79.